The first kappa shape index (κ1) is 15.6. The molecule has 2 rings (SSSR count). The third-order valence-electron chi connectivity index (χ3n) is 2.48. The van der Waals surface area contributed by atoms with Crippen LogP contribution in [0.4, 0.5) is 10.2 Å². The third-order valence-corrected chi connectivity index (χ3v) is 4.28. The fourth-order valence-corrected chi connectivity index (χ4v) is 2.80. The van der Waals surface area contributed by atoms with Crippen molar-refractivity contribution in [3.63, 3.8) is 0 Å². The number of benzene rings is 1. The predicted octanol–water partition coefficient (Wildman–Crippen LogP) is 2.31. The summed E-state index contributed by atoms with van der Waals surface area (Å²) in [5.41, 5.74) is 5.20. The topological polar surface area (TPSA) is 85.1 Å². The molecule has 9 heteroatoms. The van der Waals surface area contributed by atoms with Crippen molar-refractivity contribution >= 4 is 44.6 Å². The zero-order valence-electron chi connectivity index (χ0n) is 10.4. The van der Waals surface area contributed by atoms with Gasteiger partial charge in [0, 0.05) is 11.8 Å². The Kier molecular flexibility index (Phi) is 4.40. The molecule has 0 saturated heterocycles. The van der Waals surface area contributed by atoms with E-state index in [9.17, 15) is 12.8 Å². The molecule has 0 fully saturated rings. The number of nitrogens with one attached hydrogen (secondary N) is 1. The largest absolute Gasteiger partial charge is 0.389 e. The minimum Gasteiger partial charge on any atom is -0.389 e. The Bertz CT molecular complexity index is 795. The van der Waals surface area contributed by atoms with Gasteiger partial charge < -0.3 is 5.73 Å². The van der Waals surface area contributed by atoms with E-state index in [1.807, 2.05) is 0 Å². The molecule has 2 aromatic rings. The van der Waals surface area contributed by atoms with Crippen LogP contribution < -0.4 is 10.5 Å². The molecule has 0 atom stereocenters. The maximum absolute atomic E-state index is 13.5. The van der Waals surface area contributed by atoms with E-state index in [1.54, 1.807) is 0 Å². The first-order valence-electron chi connectivity index (χ1n) is 5.53. The lowest BCUT2D eigenvalue weighted by Gasteiger charge is -2.09. The number of nitrogens with two attached hydrogens (primary N) is 1. The molecule has 1 heterocycles. The van der Waals surface area contributed by atoms with Crippen molar-refractivity contribution in [3.05, 3.63) is 52.9 Å². The molecule has 0 spiro atoms. The summed E-state index contributed by atoms with van der Waals surface area (Å²) in [7, 11) is -3.94. The van der Waals surface area contributed by atoms with Crippen LogP contribution in [0.5, 0.6) is 0 Å². The van der Waals surface area contributed by atoms with Gasteiger partial charge in [0.25, 0.3) is 10.0 Å². The third kappa shape index (κ3) is 3.66. The Morgan fingerprint density at radius 3 is 2.62 bits per heavy atom. The van der Waals surface area contributed by atoms with Crippen LogP contribution >= 0.6 is 23.8 Å². The number of nitrogens with zero attached hydrogens (tertiary/aromatic N) is 1. The second-order valence-corrected chi connectivity index (χ2v) is 6.53. The summed E-state index contributed by atoms with van der Waals surface area (Å²) in [6.45, 7) is 0. The van der Waals surface area contributed by atoms with Crippen LogP contribution in [-0.2, 0) is 10.0 Å². The average Bonchev–Trinajstić information content (AvgIpc) is 2.41. The van der Waals surface area contributed by atoms with Gasteiger partial charge in [-0.15, -0.1) is 0 Å². The van der Waals surface area contributed by atoms with Crippen LogP contribution in [0.1, 0.15) is 5.56 Å². The maximum atomic E-state index is 13.5. The van der Waals surface area contributed by atoms with Gasteiger partial charge in [0.1, 0.15) is 16.6 Å². The van der Waals surface area contributed by atoms with Gasteiger partial charge in [-0.2, -0.15) is 0 Å². The molecule has 0 aliphatic carbocycles. The summed E-state index contributed by atoms with van der Waals surface area (Å²) in [6, 6.07) is 6.04. The Labute approximate surface area is 131 Å². The number of sulfonamides is 1. The molecule has 0 amide bonds. The zero-order valence-corrected chi connectivity index (χ0v) is 12.8. The first-order valence-corrected chi connectivity index (χ1v) is 7.80. The van der Waals surface area contributed by atoms with Crippen LogP contribution in [0.25, 0.3) is 0 Å². The van der Waals surface area contributed by atoms with Gasteiger partial charge in [0.2, 0.25) is 0 Å². The summed E-state index contributed by atoms with van der Waals surface area (Å²) in [5.74, 6) is -0.605. The normalized spacial score (nSPS) is 11.1. The molecule has 1 aromatic heterocycles. The van der Waals surface area contributed by atoms with Gasteiger partial charge in [0.05, 0.1) is 9.92 Å². The summed E-state index contributed by atoms with van der Waals surface area (Å²) in [6.07, 6.45) is 1.30. The predicted molar refractivity (Wildman–Crippen MR) is 82.3 cm³/mol. The molecular formula is C12H9ClFN3O2S2. The number of halogens is 2. The fourth-order valence-electron chi connectivity index (χ4n) is 1.49. The van der Waals surface area contributed by atoms with E-state index in [0.29, 0.717) is 5.02 Å². The second-order valence-electron chi connectivity index (χ2n) is 3.97. The first-order chi connectivity index (χ1) is 9.79. The highest BCUT2D eigenvalue weighted by molar-refractivity contribution is 7.92. The summed E-state index contributed by atoms with van der Waals surface area (Å²) in [4.78, 5) is 3.41. The van der Waals surface area contributed by atoms with Gasteiger partial charge in [0.15, 0.2) is 0 Å². The van der Waals surface area contributed by atoms with Gasteiger partial charge in [-0.25, -0.2) is 17.8 Å². The SMILES string of the molecule is NC(=S)c1cc(S(=O)(=O)Nc2ccc(Cl)cn2)ccc1F. The molecule has 0 radical (unpaired) electrons. The summed E-state index contributed by atoms with van der Waals surface area (Å²) >= 11 is 10.3. The van der Waals surface area contributed by atoms with Crippen molar-refractivity contribution < 1.29 is 12.8 Å². The van der Waals surface area contributed by atoms with Crippen molar-refractivity contribution in [1.29, 1.82) is 0 Å². The summed E-state index contributed by atoms with van der Waals surface area (Å²) in [5, 5.41) is 0.371. The van der Waals surface area contributed by atoms with Crippen LogP contribution in [0.15, 0.2) is 41.4 Å². The zero-order chi connectivity index (χ0) is 15.6. The molecule has 1 aromatic carbocycles. The number of aromatic nitrogens is 1. The number of hydrogen-bond acceptors (Lipinski definition) is 4. The maximum Gasteiger partial charge on any atom is 0.263 e. The molecule has 3 N–H and O–H groups in total. The number of thiocarbonyl (C=S) groups is 1. The average molecular weight is 346 g/mol. The van der Waals surface area contributed by atoms with Crippen LogP contribution in [0, 0.1) is 5.82 Å². The van der Waals surface area contributed by atoms with E-state index in [4.69, 9.17) is 17.3 Å². The van der Waals surface area contributed by atoms with Gasteiger partial charge in [-0.3, -0.25) is 4.72 Å². The van der Waals surface area contributed by atoms with E-state index in [0.717, 1.165) is 18.2 Å². The molecule has 0 aliphatic rings. The molecule has 110 valence electrons. The standard InChI is InChI=1S/C12H9ClFN3O2S2/c13-7-1-4-11(16-6-7)17-21(18,19)8-2-3-10(14)9(5-8)12(15)20/h1-6H,(H2,15,20)(H,16,17). The van der Waals surface area contributed by atoms with Crippen LogP contribution in [0.2, 0.25) is 5.02 Å². The smallest absolute Gasteiger partial charge is 0.263 e. The molecule has 0 aliphatic heterocycles. The van der Waals surface area contributed by atoms with Crippen molar-refractivity contribution in [2.45, 2.75) is 4.90 Å². The fraction of sp³-hybridized carbons (Fsp3) is 0. The number of hydrogen-bond donors (Lipinski definition) is 2. The molecular weight excluding hydrogens is 337 g/mol. The minimum atomic E-state index is -3.94. The number of anilines is 1. The minimum absolute atomic E-state index is 0.0839. The van der Waals surface area contributed by atoms with Gasteiger partial charge in [-0.1, -0.05) is 23.8 Å². The number of pyridine rings is 1. The highest BCUT2D eigenvalue weighted by Gasteiger charge is 2.17. The second kappa shape index (κ2) is 5.92. The molecule has 21 heavy (non-hydrogen) atoms. The van der Waals surface area contributed by atoms with Crippen molar-refractivity contribution in [2.24, 2.45) is 5.73 Å². The highest BCUT2D eigenvalue weighted by Crippen LogP contribution is 2.18. The van der Waals surface area contributed by atoms with Crippen molar-refractivity contribution in [2.75, 3.05) is 4.72 Å². The highest BCUT2D eigenvalue weighted by atomic mass is 35.5. The van der Waals surface area contributed by atoms with E-state index >= 15 is 0 Å². The van der Waals surface area contributed by atoms with E-state index in [2.05, 4.69) is 21.9 Å². The van der Waals surface area contributed by atoms with E-state index in [-0.39, 0.29) is 21.3 Å². The Balaban J connectivity index is 2.38. The Morgan fingerprint density at radius 1 is 1.33 bits per heavy atom. The van der Waals surface area contributed by atoms with Crippen LogP contribution in [-0.4, -0.2) is 18.4 Å². The Morgan fingerprint density at radius 2 is 2.05 bits per heavy atom. The Hall–Kier alpha value is -1.77. The lowest BCUT2D eigenvalue weighted by molar-refractivity contribution is 0.599. The summed E-state index contributed by atoms with van der Waals surface area (Å²) < 4.78 is 40.1. The quantitative estimate of drug-likeness (QED) is 0.830. The van der Waals surface area contributed by atoms with Gasteiger partial charge in [-0.05, 0) is 30.3 Å². The lowest BCUT2D eigenvalue weighted by Crippen LogP contribution is -2.17. The van der Waals surface area contributed by atoms with Gasteiger partial charge >= 0.3 is 0 Å². The molecule has 0 saturated carbocycles. The lowest BCUT2D eigenvalue weighted by atomic mass is 10.2. The number of rotatable bonds is 4. The molecule has 0 unspecified atom stereocenters. The van der Waals surface area contributed by atoms with Crippen molar-refractivity contribution in [1.82, 2.24) is 4.98 Å². The van der Waals surface area contributed by atoms with Crippen LogP contribution in [0.3, 0.4) is 0 Å². The van der Waals surface area contributed by atoms with E-state index in [1.165, 1.54) is 18.3 Å². The van der Waals surface area contributed by atoms with Crippen molar-refractivity contribution in [3.8, 4) is 0 Å². The van der Waals surface area contributed by atoms with E-state index < -0.39 is 15.8 Å². The molecule has 0 bridgehead atoms. The monoisotopic (exact) mass is 345 g/mol. The molecule has 5 nitrogen and oxygen atoms in total.